The largest absolute Gasteiger partial charge is 0.504 e. The molecule has 0 fully saturated rings. The molecule has 0 aliphatic carbocycles. The summed E-state index contributed by atoms with van der Waals surface area (Å²) >= 11 is 0. The molecule has 0 spiro atoms. The number of methoxy groups -OCH3 is 1. The molecular weight excluding hydrogens is 198 g/mol. The van der Waals surface area contributed by atoms with Crippen LogP contribution in [-0.2, 0) is 11.3 Å². The van der Waals surface area contributed by atoms with E-state index in [0.29, 0.717) is 12.3 Å². The number of aromatic hydroxyl groups is 1. The fourth-order valence-electron chi connectivity index (χ4n) is 1.15. The second kappa shape index (κ2) is 5.21. The maximum Gasteiger partial charge on any atom is 0.317 e. The molecule has 5 heteroatoms. The molecule has 0 aliphatic rings. The number of carboxylic acids is 1. The summed E-state index contributed by atoms with van der Waals surface area (Å²) < 4.78 is 4.92. The summed E-state index contributed by atoms with van der Waals surface area (Å²) in [5, 5.41) is 20.5. The fourth-order valence-corrected chi connectivity index (χ4v) is 1.15. The van der Waals surface area contributed by atoms with Crippen LogP contribution in [0.3, 0.4) is 0 Å². The van der Waals surface area contributed by atoms with Gasteiger partial charge in [-0.15, -0.1) is 0 Å². The lowest BCUT2D eigenvalue weighted by atomic mass is 10.2. The second-order valence-electron chi connectivity index (χ2n) is 3.00. The zero-order chi connectivity index (χ0) is 11.3. The van der Waals surface area contributed by atoms with Gasteiger partial charge in [0.05, 0.1) is 13.7 Å². The second-order valence-corrected chi connectivity index (χ2v) is 3.00. The summed E-state index contributed by atoms with van der Waals surface area (Å²) in [5.74, 6) is -0.454. The van der Waals surface area contributed by atoms with Crippen LogP contribution in [0.1, 0.15) is 5.56 Å². The predicted octanol–water partition coefficient (Wildman–Crippen LogP) is 0.575. The monoisotopic (exact) mass is 211 g/mol. The van der Waals surface area contributed by atoms with Crippen LogP contribution in [0.4, 0.5) is 0 Å². The zero-order valence-electron chi connectivity index (χ0n) is 8.36. The maximum atomic E-state index is 10.2. The molecule has 1 rings (SSSR count). The Hall–Kier alpha value is -1.75. The van der Waals surface area contributed by atoms with Gasteiger partial charge in [0.15, 0.2) is 11.5 Å². The van der Waals surface area contributed by atoms with E-state index >= 15 is 0 Å². The Morgan fingerprint density at radius 2 is 2.27 bits per heavy atom. The van der Waals surface area contributed by atoms with E-state index in [1.165, 1.54) is 13.2 Å². The molecule has 0 aliphatic heterocycles. The molecule has 1 aromatic carbocycles. The van der Waals surface area contributed by atoms with E-state index in [4.69, 9.17) is 9.84 Å². The first-order valence-electron chi connectivity index (χ1n) is 4.42. The number of aliphatic carboxylic acids is 1. The third kappa shape index (κ3) is 3.47. The number of nitrogens with one attached hydrogen (secondary N) is 1. The standard InChI is InChI=1S/C10H13NO4/c1-15-9-4-7(2-3-8(9)12)5-11-6-10(13)14/h2-4,11-12H,5-6H2,1H3,(H,13,14). The van der Waals surface area contributed by atoms with E-state index in [-0.39, 0.29) is 12.3 Å². The third-order valence-corrected chi connectivity index (χ3v) is 1.85. The van der Waals surface area contributed by atoms with E-state index in [2.05, 4.69) is 5.32 Å². The van der Waals surface area contributed by atoms with Crippen LogP contribution in [0.25, 0.3) is 0 Å². The topological polar surface area (TPSA) is 78.8 Å². The molecule has 5 nitrogen and oxygen atoms in total. The Kier molecular flexibility index (Phi) is 3.93. The van der Waals surface area contributed by atoms with Crippen molar-refractivity contribution in [2.45, 2.75) is 6.54 Å². The van der Waals surface area contributed by atoms with Gasteiger partial charge in [-0.25, -0.2) is 0 Å². The highest BCUT2D eigenvalue weighted by Gasteiger charge is 2.02. The van der Waals surface area contributed by atoms with Gasteiger partial charge in [0, 0.05) is 6.54 Å². The van der Waals surface area contributed by atoms with E-state index in [1.54, 1.807) is 12.1 Å². The highest BCUT2D eigenvalue weighted by molar-refractivity contribution is 5.69. The SMILES string of the molecule is COc1cc(CNCC(=O)O)ccc1O. The minimum Gasteiger partial charge on any atom is -0.504 e. The first kappa shape index (κ1) is 11.3. The highest BCUT2D eigenvalue weighted by atomic mass is 16.5. The van der Waals surface area contributed by atoms with E-state index < -0.39 is 5.97 Å². The molecule has 0 aromatic heterocycles. The lowest BCUT2D eigenvalue weighted by molar-refractivity contribution is -0.135. The van der Waals surface area contributed by atoms with Crippen molar-refractivity contribution in [1.82, 2.24) is 5.32 Å². The lowest BCUT2D eigenvalue weighted by Gasteiger charge is -2.06. The Balaban J connectivity index is 2.58. The number of carboxylic acid groups (broad SMARTS) is 1. The quantitative estimate of drug-likeness (QED) is 0.663. The normalized spacial score (nSPS) is 9.93. The van der Waals surface area contributed by atoms with Gasteiger partial charge in [-0.05, 0) is 17.7 Å². The van der Waals surface area contributed by atoms with Crippen molar-refractivity contribution in [2.75, 3.05) is 13.7 Å². The number of phenols is 1. The summed E-state index contributed by atoms with van der Waals surface area (Å²) in [6.07, 6.45) is 0. The Morgan fingerprint density at radius 1 is 1.53 bits per heavy atom. The molecule has 0 bridgehead atoms. The molecule has 0 amide bonds. The minimum atomic E-state index is -0.902. The van der Waals surface area contributed by atoms with Crippen LogP contribution in [-0.4, -0.2) is 29.8 Å². The highest BCUT2D eigenvalue weighted by Crippen LogP contribution is 2.25. The number of hydrogen-bond donors (Lipinski definition) is 3. The molecule has 0 saturated carbocycles. The van der Waals surface area contributed by atoms with Crippen LogP contribution >= 0.6 is 0 Å². The molecule has 82 valence electrons. The molecule has 0 unspecified atom stereocenters. The number of carbonyl (C=O) groups is 1. The molecule has 1 aromatic rings. The Morgan fingerprint density at radius 3 is 2.87 bits per heavy atom. The van der Waals surface area contributed by atoms with E-state index in [1.807, 2.05) is 0 Å². The minimum absolute atomic E-state index is 0.0690. The number of benzene rings is 1. The molecule has 3 N–H and O–H groups in total. The number of ether oxygens (including phenoxy) is 1. The lowest BCUT2D eigenvalue weighted by Crippen LogP contribution is -2.21. The van der Waals surface area contributed by atoms with Crippen LogP contribution < -0.4 is 10.1 Å². The Bertz CT molecular complexity index is 351. The maximum absolute atomic E-state index is 10.2. The smallest absolute Gasteiger partial charge is 0.317 e. The van der Waals surface area contributed by atoms with Gasteiger partial charge in [-0.3, -0.25) is 4.79 Å². The van der Waals surface area contributed by atoms with Crippen molar-refractivity contribution in [3.8, 4) is 11.5 Å². The van der Waals surface area contributed by atoms with Crippen molar-refractivity contribution in [1.29, 1.82) is 0 Å². The van der Waals surface area contributed by atoms with Crippen LogP contribution in [0.5, 0.6) is 11.5 Å². The first-order valence-corrected chi connectivity index (χ1v) is 4.42. The van der Waals surface area contributed by atoms with E-state index in [0.717, 1.165) is 5.56 Å². The van der Waals surface area contributed by atoms with Crippen molar-refractivity contribution in [3.05, 3.63) is 23.8 Å². The van der Waals surface area contributed by atoms with Crippen LogP contribution in [0.2, 0.25) is 0 Å². The van der Waals surface area contributed by atoms with Crippen molar-refractivity contribution >= 4 is 5.97 Å². The van der Waals surface area contributed by atoms with Gasteiger partial charge in [-0.1, -0.05) is 6.07 Å². The molecule has 0 radical (unpaired) electrons. The third-order valence-electron chi connectivity index (χ3n) is 1.85. The summed E-state index contributed by atoms with van der Waals surface area (Å²) in [4.78, 5) is 10.2. The molecule has 0 saturated heterocycles. The van der Waals surface area contributed by atoms with Gasteiger partial charge in [0.2, 0.25) is 0 Å². The van der Waals surface area contributed by atoms with Crippen LogP contribution in [0, 0.1) is 0 Å². The molecule has 0 atom stereocenters. The fraction of sp³-hybridized carbons (Fsp3) is 0.300. The van der Waals surface area contributed by atoms with Crippen molar-refractivity contribution < 1.29 is 19.7 Å². The summed E-state index contributed by atoms with van der Waals surface area (Å²) in [7, 11) is 1.46. The Labute approximate surface area is 87.3 Å². The zero-order valence-corrected chi connectivity index (χ0v) is 8.36. The predicted molar refractivity (Wildman–Crippen MR) is 54.0 cm³/mol. The van der Waals surface area contributed by atoms with Gasteiger partial charge in [0.25, 0.3) is 0 Å². The molecular formula is C10H13NO4. The average Bonchev–Trinajstić information content (AvgIpc) is 2.20. The average molecular weight is 211 g/mol. The van der Waals surface area contributed by atoms with Gasteiger partial charge in [-0.2, -0.15) is 0 Å². The summed E-state index contributed by atoms with van der Waals surface area (Å²) in [6.45, 7) is 0.326. The van der Waals surface area contributed by atoms with Gasteiger partial charge < -0.3 is 20.3 Å². The molecule has 0 heterocycles. The van der Waals surface area contributed by atoms with Crippen molar-refractivity contribution in [2.24, 2.45) is 0 Å². The first-order chi connectivity index (χ1) is 7.13. The van der Waals surface area contributed by atoms with Gasteiger partial charge >= 0.3 is 5.97 Å². The van der Waals surface area contributed by atoms with Crippen LogP contribution in [0.15, 0.2) is 18.2 Å². The number of hydrogen-bond acceptors (Lipinski definition) is 4. The van der Waals surface area contributed by atoms with Gasteiger partial charge in [0.1, 0.15) is 0 Å². The van der Waals surface area contributed by atoms with Crippen molar-refractivity contribution in [3.63, 3.8) is 0 Å². The number of phenolic OH excluding ortho intramolecular Hbond substituents is 1. The summed E-state index contributed by atoms with van der Waals surface area (Å²) in [6, 6.07) is 4.87. The molecule has 15 heavy (non-hydrogen) atoms. The summed E-state index contributed by atoms with van der Waals surface area (Å²) in [5.41, 5.74) is 0.853. The van der Waals surface area contributed by atoms with E-state index in [9.17, 15) is 9.90 Å². The number of rotatable bonds is 5.